The Morgan fingerprint density at radius 1 is 1.06 bits per heavy atom. The van der Waals surface area contributed by atoms with Crippen molar-refractivity contribution in [3.05, 3.63) is 73.3 Å². The second-order valence-electron chi connectivity index (χ2n) is 9.06. The van der Waals surface area contributed by atoms with Crippen molar-refractivity contribution in [3.8, 4) is 5.75 Å². The molecule has 0 saturated heterocycles. The van der Waals surface area contributed by atoms with E-state index in [9.17, 15) is 18.8 Å². The number of ether oxygens (including phenoxy) is 1. The first-order chi connectivity index (χ1) is 16.1. The molecule has 6 rings (SSSR count). The fraction of sp³-hybridized carbons (Fsp3) is 0.292. The molecule has 1 N–H and O–H groups in total. The smallest absolute Gasteiger partial charge is 0.258 e. The Labute approximate surface area is 207 Å². The number of benzene rings is 2. The lowest BCUT2D eigenvalue weighted by molar-refractivity contribution is -0.164. The zero-order valence-electron chi connectivity index (χ0n) is 17.6. The molecule has 3 fully saturated rings. The van der Waals surface area contributed by atoms with Crippen LogP contribution in [0.5, 0.6) is 5.75 Å². The van der Waals surface area contributed by atoms with Gasteiger partial charge < -0.3 is 14.5 Å². The van der Waals surface area contributed by atoms with Gasteiger partial charge in [-0.25, -0.2) is 4.39 Å². The van der Waals surface area contributed by atoms with Crippen LogP contribution in [0.4, 0.5) is 4.39 Å². The highest BCUT2D eigenvalue weighted by Gasteiger charge is 2.68. The molecule has 0 unspecified atom stereocenters. The maximum Gasteiger partial charge on any atom is 0.258 e. The van der Waals surface area contributed by atoms with Gasteiger partial charge in [-0.3, -0.25) is 14.4 Å². The Morgan fingerprint density at radius 3 is 2.50 bits per heavy atom. The minimum atomic E-state index is -0.626. The second kappa shape index (κ2) is 8.26. The number of carbonyl (C=O) groups excluding carboxylic acids is 2. The van der Waals surface area contributed by atoms with Gasteiger partial charge in [-0.15, -0.1) is 0 Å². The van der Waals surface area contributed by atoms with Crippen LogP contribution < -0.4 is 15.5 Å². The van der Waals surface area contributed by atoms with E-state index in [0.717, 1.165) is 12.1 Å². The van der Waals surface area contributed by atoms with Crippen LogP contribution in [-0.2, 0) is 4.79 Å². The molecule has 0 spiro atoms. The van der Waals surface area contributed by atoms with Crippen LogP contribution in [0.2, 0.25) is 15.1 Å². The van der Waals surface area contributed by atoms with Gasteiger partial charge in [-0.1, -0.05) is 34.8 Å². The molecule has 6 nitrogen and oxygen atoms in total. The average molecular weight is 525 g/mol. The zero-order chi connectivity index (χ0) is 24.3. The summed E-state index contributed by atoms with van der Waals surface area (Å²) in [4.78, 5) is 37.5. The maximum absolute atomic E-state index is 13.5. The van der Waals surface area contributed by atoms with Crippen molar-refractivity contribution in [1.82, 2.24) is 5.32 Å². The summed E-state index contributed by atoms with van der Waals surface area (Å²) in [6.45, 7) is -0.262. The molecule has 1 heterocycles. The number of ketones is 1. The molecule has 176 valence electrons. The number of rotatable bonds is 7. The Hall–Kier alpha value is -2.61. The van der Waals surface area contributed by atoms with Gasteiger partial charge in [-0.2, -0.15) is 0 Å². The number of carbonyl (C=O) groups is 2. The third-order valence-electron chi connectivity index (χ3n) is 6.36. The fourth-order valence-electron chi connectivity index (χ4n) is 5.11. The van der Waals surface area contributed by atoms with Crippen LogP contribution in [0, 0.1) is 11.2 Å². The Kier molecular flexibility index (Phi) is 5.62. The summed E-state index contributed by atoms with van der Waals surface area (Å²) in [6, 6.07) is 8.01. The van der Waals surface area contributed by atoms with E-state index in [4.69, 9.17) is 44.0 Å². The predicted octanol–water partition coefficient (Wildman–Crippen LogP) is 5.58. The molecule has 2 bridgehead atoms. The van der Waals surface area contributed by atoms with E-state index in [0.29, 0.717) is 24.3 Å². The lowest BCUT2D eigenvalue weighted by Gasteiger charge is -2.70. The fourth-order valence-corrected chi connectivity index (χ4v) is 5.76. The Morgan fingerprint density at radius 2 is 1.79 bits per heavy atom. The van der Waals surface area contributed by atoms with E-state index < -0.39 is 11.2 Å². The van der Waals surface area contributed by atoms with Gasteiger partial charge >= 0.3 is 0 Å². The van der Waals surface area contributed by atoms with Crippen molar-refractivity contribution in [1.29, 1.82) is 0 Å². The quantitative estimate of drug-likeness (QED) is 0.408. The van der Waals surface area contributed by atoms with Crippen molar-refractivity contribution >= 4 is 57.5 Å². The molecule has 3 aromatic rings. The minimum Gasteiger partial charge on any atom is -0.484 e. The highest BCUT2D eigenvalue weighted by Crippen LogP contribution is 2.69. The van der Waals surface area contributed by atoms with Crippen molar-refractivity contribution in [2.24, 2.45) is 5.41 Å². The molecular weight excluding hydrogens is 508 g/mol. The summed E-state index contributed by atoms with van der Waals surface area (Å²) in [6.07, 6.45) is 2.12. The Balaban J connectivity index is 1.17. The molecule has 0 atom stereocenters. The van der Waals surface area contributed by atoms with Gasteiger partial charge in [-0.05, 0) is 48.9 Å². The van der Waals surface area contributed by atoms with E-state index in [1.165, 1.54) is 24.3 Å². The first kappa shape index (κ1) is 23.1. The van der Waals surface area contributed by atoms with E-state index in [2.05, 4.69) is 5.32 Å². The normalized spacial score (nSPS) is 22.6. The molecule has 34 heavy (non-hydrogen) atoms. The second-order valence-corrected chi connectivity index (χ2v) is 10.3. The largest absolute Gasteiger partial charge is 0.484 e. The molecule has 1 amide bonds. The summed E-state index contributed by atoms with van der Waals surface area (Å²) in [5, 5.41) is 3.59. The summed E-state index contributed by atoms with van der Waals surface area (Å²) in [5.41, 5.74) is -0.863. The molecule has 2 aromatic carbocycles. The number of amides is 1. The van der Waals surface area contributed by atoms with Crippen LogP contribution in [0.15, 0.2) is 45.6 Å². The van der Waals surface area contributed by atoms with Gasteiger partial charge in [0.05, 0.1) is 15.4 Å². The van der Waals surface area contributed by atoms with E-state index in [1.54, 1.807) is 0 Å². The summed E-state index contributed by atoms with van der Waals surface area (Å²) in [5.74, 6) is -1.09. The van der Waals surface area contributed by atoms with Crippen LogP contribution in [-0.4, -0.2) is 23.8 Å². The highest BCUT2D eigenvalue weighted by molar-refractivity contribution is 6.38. The SMILES string of the molecule is O=C(COc1ccc(Cl)c(F)c1)NC12CC(CC(=O)c3cc(=O)c4cc(Cl)cc(Cl)c4o3)(C1)C2. The molecule has 0 aliphatic heterocycles. The summed E-state index contributed by atoms with van der Waals surface area (Å²) >= 11 is 17.7. The highest BCUT2D eigenvalue weighted by atomic mass is 35.5. The standard InChI is InChI=1S/C24H17Cl3FNO5/c25-12-3-14-18(30)6-20(34-22(14)16(27)4-12)19(31)7-23-9-24(10-23,11-23)29-21(32)8-33-13-1-2-15(26)17(28)5-13/h1-6H,7-11H2,(H,29,32). The molecule has 3 aliphatic rings. The number of fused-ring (bicyclic) bond motifs is 1. The van der Waals surface area contributed by atoms with E-state index >= 15 is 0 Å². The predicted molar refractivity (Wildman–Crippen MR) is 126 cm³/mol. The molecule has 1 aromatic heterocycles. The lowest BCUT2D eigenvalue weighted by Crippen LogP contribution is -2.75. The van der Waals surface area contributed by atoms with Gasteiger partial charge in [0.2, 0.25) is 0 Å². The van der Waals surface area contributed by atoms with Crippen molar-refractivity contribution < 1.29 is 23.1 Å². The molecular formula is C24H17Cl3FNO5. The van der Waals surface area contributed by atoms with E-state index in [-0.39, 0.29) is 68.2 Å². The monoisotopic (exact) mass is 523 g/mol. The maximum atomic E-state index is 13.5. The van der Waals surface area contributed by atoms with Crippen LogP contribution >= 0.6 is 34.8 Å². The zero-order valence-corrected chi connectivity index (χ0v) is 19.8. The van der Waals surface area contributed by atoms with Crippen LogP contribution in [0.3, 0.4) is 0 Å². The molecule has 3 aliphatic carbocycles. The number of hydrogen-bond acceptors (Lipinski definition) is 5. The van der Waals surface area contributed by atoms with E-state index in [1.807, 2.05) is 0 Å². The first-order valence-electron chi connectivity index (χ1n) is 10.4. The minimum absolute atomic E-state index is 0.0269. The molecule has 10 heteroatoms. The summed E-state index contributed by atoms with van der Waals surface area (Å²) in [7, 11) is 0. The topological polar surface area (TPSA) is 85.6 Å². The van der Waals surface area contributed by atoms with Crippen molar-refractivity contribution in [2.45, 2.75) is 31.2 Å². The number of halogens is 4. The Bertz CT molecular complexity index is 1400. The lowest BCUT2D eigenvalue weighted by atomic mass is 9.38. The summed E-state index contributed by atoms with van der Waals surface area (Å²) < 4.78 is 24.4. The van der Waals surface area contributed by atoms with Gasteiger partial charge in [0.1, 0.15) is 11.6 Å². The third-order valence-corrected chi connectivity index (χ3v) is 7.17. The van der Waals surface area contributed by atoms with Gasteiger partial charge in [0, 0.05) is 29.1 Å². The van der Waals surface area contributed by atoms with Crippen LogP contribution in [0.1, 0.15) is 36.2 Å². The van der Waals surface area contributed by atoms with Crippen molar-refractivity contribution in [3.63, 3.8) is 0 Å². The van der Waals surface area contributed by atoms with Crippen molar-refractivity contribution in [2.75, 3.05) is 6.61 Å². The first-order valence-corrected chi connectivity index (χ1v) is 11.6. The molecule has 3 saturated carbocycles. The number of nitrogens with one attached hydrogen (secondary N) is 1. The number of hydrogen-bond donors (Lipinski definition) is 1. The molecule has 0 radical (unpaired) electrons. The van der Waals surface area contributed by atoms with Crippen LogP contribution in [0.25, 0.3) is 11.0 Å². The number of Topliss-reactive ketones (excluding diaryl/α,β-unsaturated/α-hetero) is 1. The third kappa shape index (κ3) is 4.17. The average Bonchev–Trinajstić information content (AvgIpc) is 2.72. The van der Waals surface area contributed by atoms with Gasteiger partial charge in [0.25, 0.3) is 5.91 Å². The van der Waals surface area contributed by atoms with Gasteiger partial charge in [0.15, 0.2) is 29.2 Å².